The molecule has 3 rings (SSSR count). The number of rotatable bonds is 6. The Labute approximate surface area is 140 Å². The first kappa shape index (κ1) is 16.6. The van der Waals surface area contributed by atoms with Crippen LogP contribution in [0.3, 0.4) is 0 Å². The SMILES string of the molecule is C[C@@H](NC(=O)CCc1ncc(-c2ccccc2F)o1)[C@@H]1CCCO1. The number of halogens is 1. The topological polar surface area (TPSA) is 64.4 Å². The Bertz CT molecular complexity index is 695. The summed E-state index contributed by atoms with van der Waals surface area (Å²) in [5.41, 5.74) is 0.368. The average Bonchev–Trinajstić information content (AvgIpc) is 3.25. The van der Waals surface area contributed by atoms with Crippen LogP contribution in [0, 0.1) is 5.82 Å². The molecule has 1 saturated heterocycles. The van der Waals surface area contributed by atoms with Gasteiger partial charge in [-0.1, -0.05) is 12.1 Å². The van der Waals surface area contributed by atoms with Gasteiger partial charge in [-0.25, -0.2) is 9.37 Å². The van der Waals surface area contributed by atoms with E-state index in [1.165, 1.54) is 12.3 Å². The van der Waals surface area contributed by atoms with E-state index in [4.69, 9.17) is 9.15 Å². The minimum absolute atomic E-state index is 0.00136. The van der Waals surface area contributed by atoms with E-state index in [-0.39, 0.29) is 30.3 Å². The predicted octanol–water partition coefficient (Wildman–Crippen LogP) is 3.10. The van der Waals surface area contributed by atoms with Crippen LogP contribution in [-0.2, 0) is 16.0 Å². The molecular formula is C18H21FN2O3. The van der Waals surface area contributed by atoms with E-state index in [0.29, 0.717) is 23.6 Å². The lowest BCUT2D eigenvalue weighted by atomic mass is 10.1. The van der Waals surface area contributed by atoms with Gasteiger partial charge in [0.25, 0.3) is 0 Å². The number of aryl methyl sites for hydroxylation is 1. The Morgan fingerprint density at radius 3 is 3.04 bits per heavy atom. The van der Waals surface area contributed by atoms with E-state index in [1.807, 2.05) is 6.92 Å². The van der Waals surface area contributed by atoms with Gasteiger partial charge in [0.05, 0.1) is 23.9 Å². The van der Waals surface area contributed by atoms with Gasteiger partial charge in [-0.15, -0.1) is 0 Å². The highest BCUT2D eigenvalue weighted by Crippen LogP contribution is 2.23. The number of amides is 1. The second-order valence-corrected chi connectivity index (χ2v) is 6.01. The first-order valence-electron chi connectivity index (χ1n) is 8.24. The molecule has 2 aromatic rings. The number of nitrogens with zero attached hydrogens (tertiary/aromatic N) is 1. The van der Waals surface area contributed by atoms with Crippen molar-refractivity contribution in [1.82, 2.24) is 10.3 Å². The molecule has 0 saturated carbocycles. The third-order valence-corrected chi connectivity index (χ3v) is 4.17. The van der Waals surface area contributed by atoms with E-state index in [1.54, 1.807) is 18.2 Å². The molecule has 1 fully saturated rings. The molecule has 2 atom stereocenters. The molecule has 0 radical (unpaired) electrons. The van der Waals surface area contributed by atoms with Gasteiger partial charge < -0.3 is 14.5 Å². The number of hydrogen-bond acceptors (Lipinski definition) is 4. The van der Waals surface area contributed by atoms with Crippen LogP contribution in [0.25, 0.3) is 11.3 Å². The van der Waals surface area contributed by atoms with Gasteiger partial charge in [-0.3, -0.25) is 4.79 Å². The summed E-state index contributed by atoms with van der Waals surface area (Å²) in [6, 6.07) is 6.36. The predicted molar refractivity (Wildman–Crippen MR) is 86.8 cm³/mol. The highest BCUT2D eigenvalue weighted by molar-refractivity contribution is 5.76. The van der Waals surface area contributed by atoms with Crippen LogP contribution in [0.1, 0.15) is 32.1 Å². The Balaban J connectivity index is 1.52. The van der Waals surface area contributed by atoms with Gasteiger partial charge >= 0.3 is 0 Å². The van der Waals surface area contributed by atoms with Crippen molar-refractivity contribution in [3.63, 3.8) is 0 Å². The summed E-state index contributed by atoms with van der Waals surface area (Å²) in [6.07, 6.45) is 4.25. The van der Waals surface area contributed by atoms with Crippen molar-refractivity contribution in [3.8, 4) is 11.3 Å². The highest BCUT2D eigenvalue weighted by atomic mass is 19.1. The Morgan fingerprint density at radius 2 is 2.29 bits per heavy atom. The fourth-order valence-electron chi connectivity index (χ4n) is 2.85. The van der Waals surface area contributed by atoms with Crippen LogP contribution >= 0.6 is 0 Å². The van der Waals surface area contributed by atoms with Crippen LogP contribution < -0.4 is 5.32 Å². The summed E-state index contributed by atoms with van der Waals surface area (Å²) < 4.78 is 24.8. The van der Waals surface area contributed by atoms with E-state index < -0.39 is 0 Å². The van der Waals surface area contributed by atoms with E-state index in [0.717, 1.165) is 19.4 Å². The maximum Gasteiger partial charge on any atom is 0.220 e. The van der Waals surface area contributed by atoms with Crippen molar-refractivity contribution in [3.05, 3.63) is 42.2 Å². The Kier molecular flexibility index (Phi) is 5.25. The molecule has 1 aliphatic rings. The largest absolute Gasteiger partial charge is 0.441 e. The lowest BCUT2D eigenvalue weighted by Gasteiger charge is -2.19. The third-order valence-electron chi connectivity index (χ3n) is 4.17. The Morgan fingerprint density at radius 1 is 1.46 bits per heavy atom. The van der Waals surface area contributed by atoms with Gasteiger partial charge in [0.15, 0.2) is 11.7 Å². The summed E-state index contributed by atoms with van der Waals surface area (Å²) in [5.74, 6) is 0.372. The van der Waals surface area contributed by atoms with Crippen LogP contribution in [0.5, 0.6) is 0 Å². The molecule has 2 heterocycles. The van der Waals surface area contributed by atoms with Crippen molar-refractivity contribution >= 4 is 5.91 Å². The molecule has 5 nitrogen and oxygen atoms in total. The Hall–Kier alpha value is -2.21. The monoisotopic (exact) mass is 332 g/mol. The molecule has 1 amide bonds. The van der Waals surface area contributed by atoms with Crippen molar-refractivity contribution in [2.24, 2.45) is 0 Å². The second-order valence-electron chi connectivity index (χ2n) is 6.01. The quantitative estimate of drug-likeness (QED) is 0.883. The van der Waals surface area contributed by atoms with Crippen LogP contribution in [0.15, 0.2) is 34.9 Å². The van der Waals surface area contributed by atoms with Crippen molar-refractivity contribution in [1.29, 1.82) is 0 Å². The van der Waals surface area contributed by atoms with E-state index >= 15 is 0 Å². The fraction of sp³-hybridized carbons (Fsp3) is 0.444. The summed E-state index contributed by atoms with van der Waals surface area (Å²) in [4.78, 5) is 16.1. The lowest BCUT2D eigenvalue weighted by molar-refractivity contribution is -0.122. The van der Waals surface area contributed by atoms with Crippen molar-refractivity contribution < 1.29 is 18.3 Å². The number of carbonyl (C=O) groups excluding carboxylic acids is 1. The first-order chi connectivity index (χ1) is 11.6. The summed E-state index contributed by atoms with van der Waals surface area (Å²) >= 11 is 0. The zero-order chi connectivity index (χ0) is 16.9. The number of oxazole rings is 1. The first-order valence-corrected chi connectivity index (χ1v) is 8.24. The lowest BCUT2D eigenvalue weighted by Crippen LogP contribution is -2.40. The van der Waals surface area contributed by atoms with Gasteiger partial charge in [0, 0.05) is 19.4 Å². The van der Waals surface area contributed by atoms with Crippen LogP contribution in [0.2, 0.25) is 0 Å². The summed E-state index contributed by atoms with van der Waals surface area (Å²) in [6.45, 7) is 2.72. The number of benzene rings is 1. The molecule has 24 heavy (non-hydrogen) atoms. The summed E-state index contributed by atoms with van der Waals surface area (Å²) in [5, 5.41) is 2.95. The molecule has 6 heteroatoms. The maximum atomic E-state index is 13.7. The molecule has 1 aliphatic heterocycles. The normalized spacial score (nSPS) is 18.5. The maximum absolute atomic E-state index is 13.7. The van der Waals surface area contributed by atoms with Gasteiger partial charge in [-0.05, 0) is 31.9 Å². The molecule has 1 aromatic heterocycles. The molecule has 0 aliphatic carbocycles. The van der Waals surface area contributed by atoms with Crippen molar-refractivity contribution in [2.75, 3.05) is 6.61 Å². The second kappa shape index (κ2) is 7.57. The van der Waals surface area contributed by atoms with E-state index in [2.05, 4.69) is 10.3 Å². The zero-order valence-corrected chi connectivity index (χ0v) is 13.6. The minimum Gasteiger partial charge on any atom is -0.441 e. The number of aromatic nitrogens is 1. The molecule has 0 unspecified atom stereocenters. The number of hydrogen-bond donors (Lipinski definition) is 1. The smallest absolute Gasteiger partial charge is 0.220 e. The molecule has 0 bridgehead atoms. The molecular weight excluding hydrogens is 311 g/mol. The molecule has 0 spiro atoms. The van der Waals surface area contributed by atoms with Crippen LogP contribution in [-0.4, -0.2) is 29.6 Å². The molecule has 128 valence electrons. The summed E-state index contributed by atoms with van der Waals surface area (Å²) in [7, 11) is 0. The zero-order valence-electron chi connectivity index (χ0n) is 13.6. The minimum atomic E-state index is -0.358. The molecule has 1 aromatic carbocycles. The molecule has 1 N–H and O–H groups in total. The average molecular weight is 332 g/mol. The van der Waals surface area contributed by atoms with Crippen LogP contribution in [0.4, 0.5) is 4.39 Å². The third kappa shape index (κ3) is 4.00. The number of carbonyl (C=O) groups is 1. The van der Waals surface area contributed by atoms with Gasteiger partial charge in [0.2, 0.25) is 5.91 Å². The van der Waals surface area contributed by atoms with Gasteiger partial charge in [-0.2, -0.15) is 0 Å². The van der Waals surface area contributed by atoms with Gasteiger partial charge in [0.1, 0.15) is 5.82 Å². The highest BCUT2D eigenvalue weighted by Gasteiger charge is 2.23. The number of nitrogens with one attached hydrogen (secondary N) is 1. The number of ether oxygens (including phenoxy) is 1. The van der Waals surface area contributed by atoms with Crippen molar-refractivity contribution in [2.45, 2.75) is 44.8 Å². The standard InChI is InChI=1S/C18H21FN2O3/c1-12(15-7-4-10-23-15)21-17(22)8-9-18-20-11-16(24-18)13-5-2-3-6-14(13)19/h2-3,5-6,11-12,15H,4,7-10H2,1H3,(H,21,22)/t12-,15+/m1/s1. The van der Waals surface area contributed by atoms with E-state index in [9.17, 15) is 9.18 Å². The fourth-order valence-corrected chi connectivity index (χ4v) is 2.85.